The van der Waals surface area contributed by atoms with Gasteiger partial charge in [0.1, 0.15) is 24.0 Å². The molecule has 28 heavy (non-hydrogen) atoms. The Morgan fingerprint density at radius 2 is 1.68 bits per heavy atom. The summed E-state index contributed by atoms with van der Waals surface area (Å²) in [6, 6.07) is 16.9. The lowest BCUT2D eigenvalue weighted by molar-refractivity contribution is 0.0952. The Bertz CT molecular complexity index is 1190. The summed E-state index contributed by atoms with van der Waals surface area (Å²) in [6.45, 7) is 0.433. The van der Waals surface area contributed by atoms with Gasteiger partial charge in [0.2, 0.25) is 0 Å². The van der Waals surface area contributed by atoms with Gasteiger partial charge < -0.3 is 10.6 Å². The molecule has 0 bridgehead atoms. The molecule has 1 aliphatic rings. The molecule has 0 spiro atoms. The third kappa shape index (κ3) is 3.43. The first-order valence-electron chi connectivity index (χ1n) is 8.58. The lowest BCUT2D eigenvalue weighted by atomic mass is 10.2. The maximum atomic E-state index is 12.3. The average Bonchev–Trinajstić information content (AvgIpc) is 2.76. The van der Waals surface area contributed by atoms with Crippen LogP contribution in [0.1, 0.15) is 10.4 Å². The second kappa shape index (κ2) is 7.67. The van der Waals surface area contributed by atoms with E-state index >= 15 is 0 Å². The molecule has 8 nitrogen and oxygen atoms in total. The van der Waals surface area contributed by atoms with Crippen molar-refractivity contribution in [2.75, 3.05) is 12.0 Å². The van der Waals surface area contributed by atoms with E-state index < -0.39 is 0 Å². The summed E-state index contributed by atoms with van der Waals surface area (Å²) in [6.07, 6.45) is 4.47. The van der Waals surface area contributed by atoms with Crippen molar-refractivity contribution in [2.45, 2.75) is 0 Å². The van der Waals surface area contributed by atoms with Crippen LogP contribution in [0.3, 0.4) is 0 Å². The van der Waals surface area contributed by atoms with Gasteiger partial charge in [0, 0.05) is 6.20 Å². The molecule has 0 atom stereocenters. The van der Waals surface area contributed by atoms with Crippen molar-refractivity contribution in [2.24, 2.45) is 0 Å². The highest BCUT2D eigenvalue weighted by Crippen LogP contribution is 2.11. The number of hydrogen-bond donors (Lipinski definition) is 2. The fourth-order valence-corrected chi connectivity index (χ4v) is 2.78. The standard InChI is InChI=1S/C14H10N2O.C6H6N4O/c17-14-12-8-4-5-9-13(12)15-10-16(14)11-6-2-1-3-7-11;11-6-4-1-7-2-8-5(4)9-3-10-6/h1-10H;1-2H,3H2,(H,10,11)(H,7,8,9). The number of fused-ring (bicyclic) bond motifs is 2. The number of rotatable bonds is 1. The molecular weight excluding hydrogens is 356 g/mol. The molecule has 138 valence electrons. The van der Waals surface area contributed by atoms with Crippen LogP contribution in [0.4, 0.5) is 5.82 Å². The number of carbonyl (C=O) groups is 1. The Hall–Kier alpha value is -4.07. The van der Waals surface area contributed by atoms with Crippen LogP contribution in [0.25, 0.3) is 16.6 Å². The highest BCUT2D eigenvalue weighted by Gasteiger charge is 2.16. The van der Waals surface area contributed by atoms with Gasteiger partial charge in [-0.2, -0.15) is 0 Å². The van der Waals surface area contributed by atoms with E-state index in [2.05, 4.69) is 25.6 Å². The third-order valence-corrected chi connectivity index (χ3v) is 4.16. The Balaban J connectivity index is 0.000000151. The first kappa shape index (κ1) is 17.3. The predicted molar refractivity (Wildman–Crippen MR) is 105 cm³/mol. The predicted octanol–water partition coefficient (Wildman–Crippen LogP) is 1.98. The maximum Gasteiger partial charge on any atom is 0.265 e. The molecular formula is C20H16N6O2. The van der Waals surface area contributed by atoms with Gasteiger partial charge >= 0.3 is 0 Å². The van der Waals surface area contributed by atoms with E-state index in [-0.39, 0.29) is 11.5 Å². The molecule has 0 saturated carbocycles. The maximum absolute atomic E-state index is 12.3. The number of carbonyl (C=O) groups excluding carboxylic acids is 1. The summed E-state index contributed by atoms with van der Waals surface area (Å²) in [7, 11) is 0. The van der Waals surface area contributed by atoms with Gasteiger partial charge in [0.15, 0.2) is 0 Å². The Morgan fingerprint density at radius 1 is 0.893 bits per heavy atom. The van der Waals surface area contributed by atoms with Crippen LogP contribution in [0.15, 0.2) is 78.2 Å². The summed E-state index contributed by atoms with van der Waals surface area (Å²) in [5.41, 5.74) is 2.01. The number of anilines is 1. The molecule has 3 heterocycles. The molecule has 1 aliphatic heterocycles. The zero-order chi connectivity index (χ0) is 19.3. The minimum atomic E-state index is -0.126. The van der Waals surface area contributed by atoms with E-state index in [1.807, 2.05) is 48.5 Å². The monoisotopic (exact) mass is 372 g/mol. The quantitative estimate of drug-likeness (QED) is 0.530. The van der Waals surface area contributed by atoms with Gasteiger partial charge in [-0.15, -0.1) is 0 Å². The molecule has 1 amide bonds. The van der Waals surface area contributed by atoms with Crippen LogP contribution in [-0.2, 0) is 0 Å². The third-order valence-electron chi connectivity index (χ3n) is 4.16. The summed E-state index contributed by atoms with van der Waals surface area (Å²) < 4.78 is 1.56. The largest absolute Gasteiger partial charge is 0.352 e. The second-order valence-corrected chi connectivity index (χ2v) is 5.92. The summed E-state index contributed by atoms with van der Waals surface area (Å²) in [5.74, 6) is 0.475. The number of amides is 1. The van der Waals surface area contributed by atoms with Crippen LogP contribution in [0.5, 0.6) is 0 Å². The van der Waals surface area contributed by atoms with Crippen molar-refractivity contribution in [3.05, 3.63) is 89.4 Å². The molecule has 0 saturated heterocycles. The first-order valence-corrected chi connectivity index (χ1v) is 8.58. The van der Waals surface area contributed by atoms with Crippen LogP contribution >= 0.6 is 0 Å². The Labute approximate surface area is 159 Å². The molecule has 5 rings (SSSR count). The van der Waals surface area contributed by atoms with E-state index in [0.717, 1.165) is 11.2 Å². The number of hydrogen-bond acceptors (Lipinski definition) is 6. The summed E-state index contributed by atoms with van der Waals surface area (Å²) in [5, 5.41) is 6.16. The minimum Gasteiger partial charge on any atom is -0.352 e. The fraction of sp³-hybridized carbons (Fsp3) is 0.0500. The van der Waals surface area contributed by atoms with E-state index in [4.69, 9.17) is 0 Å². The normalized spacial score (nSPS) is 12.2. The van der Waals surface area contributed by atoms with Crippen LogP contribution in [-0.4, -0.2) is 32.1 Å². The number of aromatic nitrogens is 4. The van der Waals surface area contributed by atoms with Gasteiger partial charge in [-0.1, -0.05) is 30.3 Å². The molecule has 2 aromatic heterocycles. The van der Waals surface area contributed by atoms with Crippen LogP contribution in [0.2, 0.25) is 0 Å². The second-order valence-electron chi connectivity index (χ2n) is 5.92. The van der Waals surface area contributed by atoms with Crippen molar-refractivity contribution in [1.82, 2.24) is 24.8 Å². The zero-order valence-corrected chi connectivity index (χ0v) is 14.7. The first-order chi connectivity index (χ1) is 13.7. The number of nitrogens with zero attached hydrogens (tertiary/aromatic N) is 4. The number of nitrogens with one attached hydrogen (secondary N) is 2. The van der Waals surface area contributed by atoms with Gasteiger partial charge in [-0.05, 0) is 24.3 Å². The number of benzene rings is 2. The van der Waals surface area contributed by atoms with Crippen molar-refractivity contribution >= 4 is 22.6 Å². The Kier molecular flexibility index (Phi) is 4.75. The molecule has 2 N–H and O–H groups in total. The summed E-state index contributed by atoms with van der Waals surface area (Å²) >= 11 is 0. The molecule has 0 unspecified atom stereocenters. The topological polar surface area (TPSA) is 102 Å². The minimum absolute atomic E-state index is 0.0400. The molecule has 0 radical (unpaired) electrons. The fourth-order valence-electron chi connectivity index (χ4n) is 2.78. The average molecular weight is 372 g/mol. The molecule has 4 aromatic rings. The van der Waals surface area contributed by atoms with Crippen LogP contribution < -0.4 is 16.2 Å². The zero-order valence-electron chi connectivity index (χ0n) is 14.7. The van der Waals surface area contributed by atoms with E-state index in [9.17, 15) is 9.59 Å². The van der Waals surface area contributed by atoms with Gasteiger partial charge in [0.25, 0.3) is 11.5 Å². The van der Waals surface area contributed by atoms with Gasteiger partial charge in [-0.25, -0.2) is 15.0 Å². The van der Waals surface area contributed by atoms with Crippen molar-refractivity contribution < 1.29 is 4.79 Å². The lowest BCUT2D eigenvalue weighted by Gasteiger charge is -2.15. The Morgan fingerprint density at radius 3 is 2.50 bits per heavy atom. The van der Waals surface area contributed by atoms with E-state index in [1.165, 1.54) is 12.5 Å². The van der Waals surface area contributed by atoms with Gasteiger partial charge in [-0.3, -0.25) is 14.2 Å². The smallest absolute Gasteiger partial charge is 0.265 e. The molecule has 2 aromatic carbocycles. The molecule has 0 fully saturated rings. The summed E-state index contributed by atoms with van der Waals surface area (Å²) in [4.78, 5) is 35.2. The van der Waals surface area contributed by atoms with Crippen molar-refractivity contribution in [1.29, 1.82) is 0 Å². The number of para-hydroxylation sites is 2. The van der Waals surface area contributed by atoms with E-state index in [0.29, 0.717) is 23.4 Å². The molecule has 8 heteroatoms. The van der Waals surface area contributed by atoms with Crippen molar-refractivity contribution in [3.8, 4) is 5.69 Å². The highest BCUT2D eigenvalue weighted by atomic mass is 16.2. The van der Waals surface area contributed by atoms with Crippen molar-refractivity contribution in [3.63, 3.8) is 0 Å². The van der Waals surface area contributed by atoms with E-state index in [1.54, 1.807) is 17.0 Å². The van der Waals surface area contributed by atoms with Crippen LogP contribution in [0, 0.1) is 0 Å². The van der Waals surface area contributed by atoms with Gasteiger partial charge in [0.05, 0.1) is 23.3 Å². The molecule has 0 aliphatic carbocycles. The highest BCUT2D eigenvalue weighted by molar-refractivity contribution is 5.99. The lowest BCUT2D eigenvalue weighted by Crippen LogP contribution is -2.35. The SMILES string of the molecule is O=C1NCNc2ncncc21.O=c1c2ccccc2ncn1-c1ccccc1.